The molecule has 33 heavy (non-hydrogen) atoms. The average Bonchev–Trinajstić information content (AvgIpc) is 3.09. The van der Waals surface area contributed by atoms with Crippen LogP contribution in [0.1, 0.15) is 41.5 Å². The number of anilines is 1. The number of nitrogen functional groups attached to an aromatic ring is 1. The first-order valence-corrected chi connectivity index (χ1v) is 12.3. The summed E-state index contributed by atoms with van der Waals surface area (Å²) in [7, 11) is -3.72. The number of carboxylic acid groups (broad SMARTS) is 1. The van der Waals surface area contributed by atoms with E-state index in [2.05, 4.69) is 25.1 Å². The number of imidazole rings is 1. The second kappa shape index (κ2) is 10.6. The molecule has 2 heterocycles. The Morgan fingerprint density at radius 3 is 2.52 bits per heavy atom. The van der Waals surface area contributed by atoms with Crippen molar-refractivity contribution in [3.8, 4) is 0 Å². The first-order valence-electron chi connectivity index (χ1n) is 10.4. The van der Waals surface area contributed by atoms with E-state index < -0.39 is 37.1 Å². The summed E-state index contributed by atoms with van der Waals surface area (Å²) >= 11 is 0. The number of rotatable bonds is 12. The maximum atomic E-state index is 13.6. The highest BCUT2D eigenvalue weighted by molar-refractivity contribution is 7.59. The summed E-state index contributed by atoms with van der Waals surface area (Å²) in [6.07, 6.45) is 1.66. The minimum absolute atomic E-state index is 0.253. The van der Waals surface area contributed by atoms with E-state index in [4.69, 9.17) is 15.2 Å². The Labute approximate surface area is 191 Å². The highest BCUT2D eigenvalue weighted by atomic mass is 31.2. The van der Waals surface area contributed by atoms with Crippen LogP contribution in [0, 0.1) is 0 Å². The molecule has 0 saturated heterocycles. The van der Waals surface area contributed by atoms with Crippen molar-refractivity contribution in [2.45, 2.75) is 71.9 Å². The molecular formula is C19H32N7O6P. The van der Waals surface area contributed by atoms with E-state index in [1.165, 1.54) is 27.1 Å². The zero-order valence-electron chi connectivity index (χ0n) is 19.6. The quantitative estimate of drug-likeness (QED) is 0.250. The van der Waals surface area contributed by atoms with Gasteiger partial charge >= 0.3 is 11.9 Å². The van der Waals surface area contributed by atoms with Gasteiger partial charge in [-0.05, 0) is 41.5 Å². The Hall–Kier alpha value is -2.60. The monoisotopic (exact) mass is 485 g/mol. The van der Waals surface area contributed by atoms with E-state index in [1.54, 1.807) is 31.7 Å². The molecule has 0 amide bonds. The predicted octanol–water partition coefficient (Wildman–Crippen LogP) is 1.35. The van der Waals surface area contributed by atoms with Gasteiger partial charge in [0.15, 0.2) is 11.5 Å². The Balaban J connectivity index is 2.14. The highest BCUT2D eigenvalue weighted by Crippen LogP contribution is 2.40. The molecule has 0 saturated carbocycles. The number of aliphatic carboxylic acids is 1. The summed E-state index contributed by atoms with van der Waals surface area (Å²) in [6, 6.07) is -0.966. The second-order valence-corrected chi connectivity index (χ2v) is 10.8. The number of esters is 1. The number of ether oxygens (including phenoxy) is 2. The smallest absolute Gasteiger partial charge is 0.323 e. The lowest BCUT2D eigenvalue weighted by atomic mass is 10.1. The van der Waals surface area contributed by atoms with Gasteiger partial charge in [-0.25, -0.2) is 25.1 Å². The van der Waals surface area contributed by atoms with Crippen LogP contribution < -0.4 is 15.9 Å². The maximum absolute atomic E-state index is 13.6. The number of fused-ring (bicyclic) bond motifs is 1. The number of nitrogens with zero attached hydrogens (tertiary/aromatic N) is 4. The van der Waals surface area contributed by atoms with Crippen LogP contribution in [-0.4, -0.2) is 66.7 Å². The standard InChI is InChI=1S/C19H32N7O6P/c1-11(2)32-17(27)13(4)24-33(30,25-19(5,6)18(28)29)10-31-12(3)7-26-9-23-14-15(20)21-8-22-16(14)26/h8-9,11-13H,7,10H2,1-6H3,(H,28,29)(H2,20,21,22)(H2,24,25,30)/t12-,13-,33+/m1/s1. The van der Waals surface area contributed by atoms with Gasteiger partial charge in [0.25, 0.3) is 0 Å². The number of carbonyl (C=O) groups is 2. The van der Waals surface area contributed by atoms with E-state index in [0.717, 1.165) is 0 Å². The summed E-state index contributed by atoms with van der Waals surface area (Å²) in [6.45, 7) is 9.66. The van der Waals surface area contributed by atoms with Crippen LogP contribution in [0.2, 0.25) is 0 Å². The van der Waals surface area contributed by atoms with Crippen molar-refractivity contribution in [1.29, 1.82) is 0 Å². The molecule has 0 aliphatic carbocycles. The Kier molecular flexibility index (Phi) is 8.52. The van der Waals surface area contributed by atoms with E-state index >= 15 is 0 Å². The minimum atomic E-state index is -3.72. The Bertz CT molecular complexity index is 1040. The van der Waals surface area contributed by atoms with Gasteiger partial charge in [-0.3, -0.25) is 14.2 Å². The van der Waals surface area contributed by atoms with E-state index in [0.29, 0.717) is 17.7 Å². The third-order valence-corrected chi connectivity index (χ3v) is 6.76. The molecule has 0 aromatic carbocycles. The lowest BCUT2D eigenvalue weighted by Gasteiger charge is -2.31. The van der Waals surface area contributed by atoms with Gasteiger partial charge in [0.1, 0.15) is 29.8 Å². The van der Waals surface area contributed by atoms with Gasteiger partial charge in [-0.1, -0.05) is 0 Å². The number of aromatic nitrogens is 4. The molecule has 0 fully saturated rings. The van der Waals surface area contributed by atoms with Gasteiger partial charge in [-0.15, -0.1) is 0 Å². The summed E-state index contributed by atoms with van der Waals surface area (Å²) in [5, 5.41) is 14.8. The van der Waals surface area contributed by atoms with E-state index in [1.807, 2.05) is 0 Å². The number of nitrogens with one attached hydrogen (secondary N) is 2. The van der Waals surface area contributed by atoms with Gasteiger partial charge in [0.2, 0.25) is 7.44 Å². The minimum Gasteiger partial charge on any atom is -0.480 e. The Morgan fingerprint density at radius 2 is 1.91 bits per heavy atom. The van der Waals surface area contributed by atoms with Crippen molar-refractivity contribution in [2.24, 2.45) is 0 Å². The van der Waals surface area contributed by atoms with Crippen molar-refractivity contribution in [1.82, 2.24) is 29.7 Å². The Morgan fingerprint density at radius 1 is 1.24 bits per heavy atom. The second-order valence-electron chi connectivity index (χ2n) is 8.55. The third kappa shape index (κ3) is 7.19. The SMILES string of the molecule is CC(C)OC(=O)[C@@H](C)N[P@@](=O)(CO[C@H](C)Cn1cnc2c(N)ncnc21)NC(C)(C)C(=O)O. The van der Waals surface area contributed by atoms with Crippen LogP contribution in [0.15, 0.2) is 12.7 Å². The van der Waals surface area contributed by atoms with Crippen molar-refractivity contribution >= 4 is 36.4 Å². The molecule has 0 bridgehead atoms. The molecule has 5 N–H and O–H groups in total. The van der Waals surface area contributed by atoms with Crippen molar-refractivity contribution < 1.29 is 28.7 Å². The normalized spacial score (nSPS) is 15.8. The summed E-state index contributed by atoms with van der Waals surface area (Å²) in [5.41, 5.74) is 5.23. The molecular weight excluding hydrogens is 453 g/mol. The molecule has 0 spiro atoms. The zero-order chi connectivity index (χ0) is 25.0. The molecule has 3 atom stereocenters. The van der Waals surface area contributed by atoms with Gasteiger partial charge in [0.05, 0.1) is 25.1 Å². The highest BCUT2D eigenvalue weighted by Gasteiger charge is 2.38. The zero-order valence-corrected chi connectivity index (χ0v) is 20.5. The fraction of sp³-hybridized carbons (Fsp3) is 0.632. The van der Waals surface area contributed by atoms with Crippen LogP contribution in [0.5, 0.6) is 0 Å². The number of nitrogens with two attached hydrogens (primary N) is 1. The number of carbonyl (C=O) groups excluding carboxylic acids is 1. The summed E-state index contributed by atoms with van der Waals surface area (Å²) in [4.78, 5) is 36.1. The van der Waals surface area contributed by atoms with Crippen LogP contribution in [0.3, 0.4) is 0 Å². The molecule has 14 heteroatoms. The summed E-state index contributed by atoms with van der Waals surface area (Å²) in [5.74, 6) is -1.57. The van der Waals surface area contributed by atoms with Crippen LogP contribution in [0.4, 0.5) is 5.82 Å². The maximum Gasteiger partial charge on any atom is 0.323 e. The summed E-state index contributed by atoms with van der Waals surface area (Å²) < 4.78 is 26.3. The first-order chi connectivity index (χ1) is 15.2. The fourth-order valence-electron chi connectivity index (χ4n) is 2.90. The lowest BCUT2D eigenvalue weighted by Crippen LogP contribution is -2.49. The number of carboxylic acids is 1. The molecule has 0 aliphatic rings. The third-order valence-electron chi connectivity index (χ3n) is 4.53. The van der Waals surface area contributed by atoms with Gasteiger partial charge in [0, 0.05) is 0 Å². The molecule has 184 valence electrons. The average molecular weight is 485 g/mol. The number of hydrogen-bond acceptors (Lipinski definition) is 9. The van der Waals surface area contributed by atoms with E-state index in [9.17, 15) is 19.3 Å². The van der Waals surface area contributed by atoms with Crippen LogP contribution in [0.25, 0.3) is 11.2 Å². The van der Waals surface area contributed by atoms with E-state index in [-0.39, 0.29) is 18.3 Å². The van der Waals surface area contributed by atoms with Gasteiger partial charge in [-0.2, -0.15) is 0 Å². The lowest BCUT2D eigenvalue weighted by molar-refractivity contribution is -0.149. The van der Waals surface area contributed by atoms with Crippen molar-refractivity contribution in [2.75, 3.05) is 12.1 Å². The number of hydrogen-bond donors (Lipinski definition) is 4. The topological polar surface area (TPSA) is 184 Å². The molecule has 0 radical (unpaired) electrons. The van der Waals surface area contributed by atoms with Crippen LogP contribution >= 0.6 is 7.44 Å². The molecule has 2 rings (SSSR count). The molecule has 2 aromatic heterocycles. The van der Waals surface area contributed by atoms with Gasteiger partial charge < -0.3 is 24.9 Å². The molecule has 2 aromatic rings. The first kappa shape index (κ1) is 26.7. The molecule has 0 aliphatic heterocycles. The fourth-order valence-corrected chi connectivity index (χ4v) is 5.29. The molecule has 13 nitrogen and oxygen atoms in total. The van der Waals surface area contributed by atoms with Crippen molar-refractivity contribution in [3.05, 3.63) is 12.7 Å². The molecule has 0 unspecified atom stereocenters. The van der Waals surface area contributed by atoms with Crippen LogP contribution in [-0.2, 0) is 30.2 Å². The largest absolute Gasteiger partial charge is 0.480 e. The predicted molar refractivity (Wildman–Crippen MR) is 121 cm³/mol. The van der Waals surface area contributed by atoms with Crippen molar-refractivity contribution in [3.63, 3.8) is 0 Å².